The molecular weight excluding hydrogens is 496 g/mol. The Morgan fingerprint density at radius 3 is 2.82 bits per heavy atom. The van der Waals surface area contributed by atoms with Gasteiger partial charge in [-0.1, -0.05) is 13.0 Å². The molecule has 1 amide bonds. The molecule has 0 bridgehead atoms. The third kappa shape index (κ3) is 6.51. The van der Waals surface area contributed by atoms with Crippen molar-refractivity contribution in [3.63, 3.8) is 0 Å². The van der Waals surface area contributed by atoms with Gasteiger partial charge in [0.15, 0.2) is 23.1 Å². The van der Waals surface area contributed by atoms with E-state index in [1.165, 1.54) is 29.3 Å². The topological polar surface area (TPSA) is 106 Å². The molecule has 0 aliphatic carbocycles. The zero-order valence-corrected chi connectivity index (χ0v) is 21.4. The molecule has 2 heterocycles. The predicted octanol–water partition coefficient (Wildman–Crippen LogP) is 4.22. The van der Waals surface area contributed by atoms with Crippen LogP contribution < -0.4 is 20.1 Å². The second kappa shape index (κ2) is 12.3. The molecule has 0 atom stereocenters. The van der Waals surface area contributed by atoms with E-state index in [1.807, 2.05) is 6.07 Å². The van der Waals surface area contributed by atoms with E-state index < -0.39 is 17.5 Å². The predicted molar refractivity (Wildman–Crippen MR) is 140 cm³/mol. The number of carbonyl (C=O) groups is 1. The summed E-state index contributed by atoms with van der Waals surface area (Å²) in [6.45, 7) is 4.36. The maximum atomic E-state index is 13.8. The summed E-state index contributed by atoms with van der Waals surface area (Å²) in [4.78, 5) is 23.2. The summed E-state index contributed by atoms with van der Waals surface area (Å²) in [7, 11) is 3.63. The van der Waals surface area contributed by atoms with E-state index in [-0.39, 0.29) is 12.2 Å². The van der Waals surface area contributed by atoms with Gasteiger partial charge >= 0.3 is 0 Å². The van der Waals surface area contributed by atoms with E-state index in [4.69, 9.17) is 9.47 Å². The first-order valence-corrected chi connectivity index (χ1v) is 12.0. The molecule has 0 spiro atoms. The Morgan fingerprint density at radius 1 is 1.18 bits per heavy atom. The number of ether oxygens (including phenoxy) is 2. The summed E-state index contributed by atoms with van der Waals surface area (Å²) in [5.74, 6) is -1.06. The maximum absolute atomic E-state index is 13.8. The largest absolute Gasteiger partial charge is 0.493 e. The molecule has 0 aliphatic heterocycles. The quantitative estimate of drug-likeness (QED) is 0.265. The number of anilines is 3. The van der Waals surface area contributed by atoms with Crippen molar-refractivity contribution in [1.82, 2.24) is 24.6 Å². The highest BCUT2D eigenvalue weighted by Crippen LogP contribution is 2.34. The lowest BCUT2D eigenvalue weighted by atomic mass is 10.2. The van der Waals surface area contributed by atoms with Gasteiger partial charge in [-0.3, -0.25) is 9.48 Å². The number of halogens is 2. The number of nitrogens with zero attached hydrogens (tertiary/aromatic N) is 5. The molecule has 0 radical (unpaired) electrons. The van der Waals surface area contributed by atoms with E-state index in [0.717, 1.165) is 25.6 Å². The molecule has 0 aliphatic rings. The molecule has 0 unspecified atom stereocenters. The number of aromatic nitrogens is 4. The normalized spacial score (nSPS) is 11.1. The van der Waals surface area contributed by atoms with Crippen LogP contribution in [-0.2, 0) is 11.3 Å². The van der Waals surface area contributed by atoms with Crippen LogP contribution >= 0.6 is 0 Å². The third-order valence-electron chi connectivity index (χ3n) is 5.83. The summed E-state index contributed by atoms with van der Waals surface area (Å²) in [5, 5.41) is 10.4. The van der Waals surface area contributed by atoms with Crippen molar-refractivity contribution in [2.45, 2.75) is 19.9 Å². The van der Waals surface area contributed by atoms with Gasteiger partial charge in [0.25, 0.3) is 0 Å². The summed E-state index contributed by atoms with van der Waals surface area (Å²) >= 11 is 0. The number of hydrogen-bond acceptors (Lipinski definition) is 8. The summed E-state index contributed by atoms with van der Waals surface area (Å²) in [5.41, 5.74) is 0.987. The first-order chi connectivity index (χ1) is 18.4. The van der Waals surface area contributed by atoms with E-state index >= 15 is 0 Å². The van der Waals surface area contributed by atoms with Gasteiger partial charge < -0.3 is 25.0 Å². The number of carbonyl (C=O) groups excluding carboxylic acids is 1. The fourth-order valence-corrected chi connectivity index (χ4v) is 3.70. The number of methoxy groups -OCH3 is 1. The average Bonchev–Trinajstić information content (AvgIpc) is 3.35. The lowest BCUT2D eigenvalue weighted by Gasteiger charge is -2.15. The van der Waals surface area contributed by atoms with Crippen LogP contribution in [0.1, 0.15) is 13.3 Å². The highest BCUT2D eigenvalue weighted by Gasteiger charge is 2.14. The fraction of sp³-hybridized carbons (Fsp3) is 0.308. The fourth-order valence-electron chi connectivity index (χ4n) is 3.70. The van der Waals surface area contributed by atoms with Crippen molar-refractivity contribution < 1.29 is 23.0 Å². The van der Waals surface area contributed by atoms with Gasteiger partial charge in [0.1, 0.15) is 18.7 Å². The Bertz CT molecular complexity index is 1410. The van der Waals surface area contributed by atoms with Crippen molar-refractivity contribution >= 4 is 34.0 Å². The van der Waals surface area contributed by atoms with Crippen LogP contribution in [0, 0.1) is 11.6 Å². The average molecular weight is 526 g/mol. The molecule has 200 valence electrons. The van der Waals surface area contributed by atoms with Gasteiger partial charge in [0, 0.05) is 24.2 Å². The number of benzene rings is 2. The van der Waals surface area contributed by atoms with Gasteiger partial charge in [-0.2, -0.15) is 5.10 Å². The smallest absolute Gasteiger partial charge is 0.246 e. The number of fused-ring (bicyclic) bond motifs is 1. The molecule has 10 nitrogen and oxygen atoms in total. The van der Waals surface area contributed by atoms with Crippen LogP contribution in [0.4, 0.5) is 26.0 Å². The van der Waals surface area contributed by atoms with Crippen molar-refractivity contribution in [2.75, 3.05) is 44.5 Å². The van der Waals surface area contributed by atoms with Gasteiger partial charge in [0.2, 0.25) is 5.91 Å². The van der Waals surface area contributed by atoms with Gasteiger partial charge in [-0.25, -0.2) is 18.7 Å². The van der Waals surface area contributed by atoms with Crippen molar-refractivity contribution in [2.24, 2.45) is 0 Å². The minimum atomic E-state index is -1.12. The second-order valence-corrected chi connectivity index (χ2v) is 8.54. The SMILES string of the molecule is CCN(C)CCCOc1cc2ncnc(Nc3cnn(CC(=O)Nc4cccc(F)c4F)c3)c2cc1OC. The summed E-state index contributed by atoms with van der Waals surface area (Å²) in [6.07, 6.45) is 5.42. The third-order valence-corrected chi connectivity index (χ3v) is 5.83. The lowest BCUT2D eigenvalue weighted by Crippen LogP contribution is -2.20. The van der Waals surface area contributed by atoms with E-state index in [0.29, 0.717) is 40.5 Å². The Labute approximate surface area is 218 Å². The second-order valence-electron chi connectivity index (χ2n) is 8.54. The molecule has 0 fully saturated rings. The zero-order chi connectivity index (χ0) is 27.1. The first kappa shape index (κ1) is 26.7. The Morgan fingerprint density at radius 2 is 2.03 bits per heavy atom. The zero-order valence-electron chi connectivity index (χ0n) is 21.4. The molecule has 0 saturated heterocycles. The van der Waals surface area contributed by atoms with Crippen molar-refractivity contribution in [1.29, 1.82) is 0 Å². The lowest BCUT2D eigenvalue weighted by molar-refractivity contribution is -0.116. The number of amides is 1. The summed E-state index contributed by atoms with van der Waals surface area (Å²) < 4.78 is 40.1. The van der Waals surface area contributed by atoms with Crippen LogP contribution in [0.25, 0.3) is 10.9 Å². The first-order valence-electron chi connectivity index (χ1n) is 12.0. The van der Waals surface area contributed by atoms with Gasteiger partial charge in [-0.05, 0) is 38.2 Å². The Kier molecular flexibility index (Phi) is 8.64. The van der Waals surface area contributed by atoms with Crippen molar-refractivity contribution in [3.05, 3.63) is 60.7 Å². The van der Waals surface area contributed by atoms with Gasteiger partial charge in [0.05, 0.1) is 36.8 Å². The molecule has 2 aromatic carbocycles. The minimum Gasteiger partial charge on any atom is -0.493 e. The molecule has 4 rings (SSSR count). The van der Waals surface area contributed by atoms with Crippen LogP contribution in [0.5, 0.6) is 11.5 Å². The van der Waals surface area contributed by atoms with E-state index in [9.17, 15) is 13.6 Å². The monoisotopic (exact) mass is 525 g/mol. The molecule has 4 aromatic rings. The molecule has 38 heavy (non-hydrogen) atoms. The van der Waals surface area contributed by atoms with Crippen LogP contribution in [-0.4, -0.2) is 64.4 Å². The van der Waals surface area contributed by atoms with Crippen LogP contribution in [0.2, 0.25) is 0 Å². The number of nitrogens with one attached hydrogen (secondary N) is 2. The summed E-state index contributed by atoms with van der Waals surface area (Å²) in [6, 6.07) is 7.18. The molecular formula is C26H29F2N7O3. The minimum absolute atomic E-state index is 0.204. The van der Waals surface area contributed by atoms with Crippen LogP contribution in [0.3, 0.4) is 0 Å². The number of hydrogen-bond donors (Lipinski definition) is 2. The number of rotatable bonds is 12. The highest BCUT2D eigenvalue weighted by molar-refractivity contribution is 5.93. The molecule has 0 saturated carbocycles. The van der Waals surface area contributed by atoms with E-state index in [1.54, 1.807) is 19.4 Å². The molecule has 12 heteroatoms. The van der Waals surface area contributed by atoms with Gasteiger partial charge in [-0.15, -0.1) is 0 Å². The molecule has 2 N–H and O–H groups in total. The van der Waals surface area contributed by atoms with Crippen LogP contribution in [0.15, 0.2) is 49.1 Å². The molecule has 2 aromatic heterocycles. The maximum Gasteiger partial charge on any atom is 0.246 e. The Balaban J connectivity index is 1.44. The van der Waals surface area contributed by atoms with E-state index in [2.05, 4.69) is 44.6 Å². The Hall–Kier alpha value is -4.32. The standard InChI is InChI=1S/C26H29F2N7O3/c1-4-34(2)9-6-10-38-23-12-21-18(11-22(23)37-3)26(30-16-29-21)32-17-13-31-35(14-17)15-24(36)33-20-8-5-7-19(27)25(20)28/h5,7-8,11-14,16H,4,6,9-10,15H2,1-3H3,(H,33,36)(H,29,30,32). The highest BCUT2D eigenvalue weighted by atomic mass is 19.2. The van der Waals surface area contributed by atoms with Crippen molar-refractivity contribution in [3.8, 4) is 11.5 Å².